The second-order valence-corrected chi connectivity index (χ2v) is 8.14. The van der Waals surface area contributed by atoms with Gasteiger partial charge in [-0.1, -0.05) is 6.07 Å². The van der Waals surface area contributed by atoms with Crippen molar-refractivity contribution in [2.75, 3.05) is 19.8 Å². The van der Waals surface area contributed by atoms with Gasteiger partial charge >= 0.3 is 0 Å². The molecule has 9 heteroatoms. The van der Waals surface area contributed by atoms with Crippen molar-refractivity contribution < 1.29 is 18.3 Å². The van der Waals surface area contributed by atoms with E-state index in [0.29, 0.717) is 0 Å². The van der Waals surface area contributed by atoms with Crippen LogP contribution in [0.5, 0.6) is 0 Å². The molecule has 0 aliphatic heterocycles. The SMILES string of the molecule is O=S(=O)(NC[C@@H](OCCO)c1cccs1)c1ccc(-n2cccn2)cc1. The molecule has 0 amide bonds. The van der Waals surface area contributed by atoms with Crippen molar-refractivity contribution in [2.45, 2.75) is 11.0 Å². The number of rotatable bonds is 9. The Hall–Kier alpha value is -2.04. The van der Waals surface area contributed by atoms with E-state index in [9.17, 15) is 8.42 Å². The van der Waals surface area contributed by atoms with Crippen molar-refractivity contribution in [1.29, 1.82) is 0 Å². The smallest absolute Gasteiger partial charge is 0.240 e. The molecule has 2 heterocycles. The first-order valence-corrected chi connectivity index (χ1v) is 10.3. The molecule has 3 rings (SSSR count). The van der Waals surface area contributed by atoms with Gasteiger partial charge in [-0.3, -0.25) is 0 Å². The van der Waals surface area contributed by atoms with E-state index in [4.69, 9.17) is 9.84 Å². The molecular formula is C17H19N3O4S2. The van der Waals surface area contributed by atoms with Crippen LogP contribution in [0.4, 0.5) is 0 Å². The van der Waals surface area contributed by atoms with E-state index >= 15 is 0 Å². The summed E-state index contributed by atoms with van der Waals surface area (Å²) in [4.78, 5) is 1.07. The molecular weight excluding hydrogens is 374 g/mol. The zero-order valence-electron chi connectivity index (χ0n) is 13.9. The molecule has 0 unspecified atom stereocenters. The van der Waals surface area contributed by atoms with Crippen molar-refractivity contribution >= 4 is 21.4 Å². The van der Waals surface area contributed by atoms with Crippen molar-refractivity contribution in [3.8, 4) is 5.69 Å². The molecule has 2 aromatic heterocycles. The summed E-state index contributed by atoms with van der Waals surface area (Å²) in [7, 11) is -3.67. The average molecular weight is 393 g/mol. The molecule has 1 aromatic carbocycles. The monoisotopic (exact) mass is 393 g/mol. The van der Waals surface area contributed by atoms with E-state index in [1.54, 1.807) is 35.3 Å². The maximum atomic E-state index is 12.5. The van der Waals surface area contributed by atoms with Crippen molar-refractivity contribution in [1.82, 2.24) is 14.5 Å². The van der Waals surface area contributed by atoms with E-state index in [1.165, 1.54) is 23.5 Å². The molecule has 7 nitrogen and oxygen atoms in total. The highest BCUT2D eigenvalue weighted by Crippen LogP contribution is 2.22. The minimum Gasteiger partial charge on any atom is -0.394 e. The third-order valence-electron chi connectivity index (χ3n) is 3.65. The molecule has 26 heavy (non-hydrogen) atoms. The Bertz CT molecular complexity index is 892. The number of ether oxygens (including phenoxy) is 1. The van der Waals surface area contributed by atoms with Gasteiger partial charge in [0.2, 0.25) is 10.0 Å². The number of hydrogen-bond donors (Lipinski definition) is 2. The van der Waals surface area contributed by atoms with Crippen LogP contribution in [0.25, 0.3) is 5.69 Å². The van der Waals surface area contributed by atoms with E-state index in [-0.39, 0.29) is 24.7 Å². The lowest BCUT2D eigenvalue weighted by Crippen LogP contribution is -2.29. The predicted octanol–water partition coefficient (Wildman–Crippen LogP) is 1.96. The highest BCUT2D eigenvalue weighted by atomic mass is 32.2. The van der Waals surface area contributed by atoms with Crippen LogP contribution in [0.3, 0.4) is 0 Å². The largest absolute Gasteiger partial charge is 0.394 e. The lowest BCUT2D eigenvalue weighted by molar-refractivity contribution is 0.0328. The number of sulfonamides is 1. The Morgan fingerprint density at radius 3 is 2.65 bits per heavy atom. The topological polar surface area (TPSA) is 93.5 Å². The summed E-state index contributed by atoms with van der Waals surface area (Å²) in [6, 6.07) is 12.0. The van der Waals surface area contributed by atoms with Gasteiger partial charge in [0.25, 0.3) is 0 Å². The minimum absolute atomic E-state index is 0.0871. The van der Waals surface area contributed by atoms with Gasteiger partial charge in [0, 0.05) is 23.8 Å². The van der Waals surface area contributed by atoms with Gasteiger partial charge in [-0.25, -0.2) is 17.8 Å². The zero-order valence-corrected chi connectivity index (χ0v) is 15.5. The van der Waals surface area contributed by atoms with Gasteiger partial charge in [0.05, 0.1) is 23.8 Å². The fourth-order valence-corrected chi connectivity index (χ4v) is 4.19. The first-order chi connectivity index (χ1) is 12.6. The Balaban J connectivity index is 1.69. The van der Waals surface area contributed by atoms with E-state index in [2.05, 4.69) is 9.82 Å². The Morgan fingerprint density at radius 1 is 1.23 bits per heavy atom. The standard InChI is InChI=1S/C17H19N3O4S2/c21-10-11-24-16(17-3-1-12-25-17)13-19-26(22,23)15-6-4-14(5-7-15)20-9-2-8-18-20/h1-9,12,16,19,21H,10-11,13H2/t16-/m1/s1. The maximum Gasteiger partial charge on any atom is 0.240 e. The predicted molar refractivity (Wildman–Crippen MR) is 98.9 cm³/mol. The van der Waals surface area contributed by atoms with Crippen LogP contribution in [-0.4, -0.2) is 43.1 Å². The first kappa shape index (κ1) is 18.7. The van der Waals surface area contributed by atoms with Crippen molar-refractivity contribution in [2.24, 2.45) is 0 Å². The quantitative estimate of drug-likeness (QED) is 0.580. The maximum absolute atomic E-state index is 12.5. The van der Waals surface area contributed by atoms with Crippen molar-refractivity contribution in [3.05, 3.63) is 65.1 Å². The zero-order chi connectivity index (χ0) is 18.4. The molecule has 2 N–H and O–H groups in total. The summed E-state index contributed by atoms with van der Waals surface area (Å²) in [6.45, 7) is 0.107. The molecule has 0 aliphatic rings. The molecule has 0 aliphatic carbocycles. The molecule has 0 bridgehead atoms. The van der Waals surface area contributed by atoms with Gasteiger partial charge in [-0.05, 0) is 41.8 Å². The highest BCUT2D eigenvalue weighted by molar-refractivity contribution is 7.89. The van der Waals surface area contributed by atoms with Gasteiger partial charge in [0.1, 0.15) is 6.10 Å². The Morgan fingerprint density at radius 2 is 2.04 bits per heavy atom. The van der Waals surface area contributed by atoms with E-state index in [0.717, 1.165) is 10.6 Å². The summed E-state index contributed by atoms with van der Waals surface area (Å²) >= 11 is 1.48. The number of aromatic nitrogens is 2. The van der Waals surface area contributed by atoms with Crippen LogP contribution < -0.4 is 4.72 Å². The summed E-state index contributed by atoms with van der Waals surface area (Å²) in [5, 5.41) is 15.0. The first-order valence-electron chi connectivity index (χ1n) is 7.96. The van der Waals surface area contributed by atoms with Crippen LogP contribution in [0, 0.1) is 0 Å². The third-order valence-corrected chi connectivity index (χ3v) is 6.05. The van der Waals surface area contributed by atoms with Gasteiger partial charge in [-0.2, -0.15) is 5.10 Å². The number of hydrogen-bond acceptors (Lipinski definition) is 6. The Kier molecular flexibility index (Phi) is 6.17. The molecule has 0 radical (unpaired) electrons. The second kappa shape index (κ2) is 8.56. The van der Waals surface area contributed by atoms with Crippen LogP contribution >= 0.6 is 11.3 Å². The van der Waals surface area contributed by atoms with Gasteiger partial charge < -0.3 is 9.84 Å². The Labute approximate surface area is 155 Å². The van der Waals surface area contributed by atoms with Gasteiger partial charge in [0.15, 0.2) is 0 Å². The molecule has 3 aromatic rings. The number of aliphatic hydroxyl groups excluding tert-OH is 1. The lowest BCUT2D eigenvalue weighted by Gasteiger charge is -2.17. The normalized spacial score (nSPS) is 13.0. The number of nitrogens with zero attached hydrogens (tertiary/aromatic N) is 2. The molecule has 138 valence electrons. The molecule has 1 atom stereocenters. The molecule has 0 saturated heterocycles. The number of benzene rings is 1. The molecule has 0 saturated carbocycles. The van der Waals surface area contributed by atoms with Crippen LogP contribution in [0.1, 0.15) is 11.0 Å². The van der Waals surface area contributed by atoms with Crippen LogP contribution in [0.15, 0.2) is 65.1 Å². The van der Waals surface area contributed by atoms with Crippen LogP contribution in [-0.2, 0) is 14.8 Å². The van der Waals surface area contributed by atoms with E-state index < -0.39 is 16.1 Å². The average Bonchev–Trinajstić information content (AvgIpc) is 3.36. The number of aliphatic hydroxyl groups is 1. The number of thiophene rings is 1. The third kappa shape index (κ3) is 4.57. The van der Waals surface area contributed by atoms with Crippen LogP contribution in [0.2, 0.25) is 0 Å². The molecule has 0 spiro atoms. The fourth-order valence-electron chi connectivity index (χ4n) is 2.38. The highest BCUT2D eigenvalue weighted by Gasteiger charge is 2.19. The summed E-state index contributed by atoms with van der Waals surface area (Å²) in [5.41, 5.74) is 0.775. The number of nitrogens with one attached hydrogen (secondary N) is 1. The summed E-state index contributed by atoms with van der Waals surface area (Å²) in [6.07, 6.45) is 3.00. The lowest BCUT2D eigenvalue weighted by atomic mass is 10.3. The van der Waals surface area contributed by atoms with Gasteiger partial charge in [-0.15, -0.1) is 11.3 Å². The fraction of sp³-hybridized carbons (Fsp3) is 0.235. The minimum atomic E-state index is -3.67. The van der Waals surface area contributed by atoms with E-state index in [1.807, 2.05) is 17.5 Å². The van der Waals surface area contributed by atoms with Crippen molar-refractivity contribution in [3.63, 3.8) is 0 Å². The summed E-state index contributed by atoms with van der Waals surface area (Å²) in [5.74, 6) is 0. The second-order valence-electron chi connectivity index (χ2n) is 5.39. The summed E-state index contributed by atoms with van der Waals surface area (Å²) < 4.78 is 34.9. The molecule has 0 fully saturated rings.